The van der Waals surface area contributed by atoms with E-state index in [1.165, 1.54) is 5.56 Å². The van der Waals surface area contributed by atoms with Crippen LogP contribution in [0.25, 0.3) is 0 Å². The molecule has 23 heavy (non-hydrogen) atoms. The van der Waals surface area contributed by atoms with E-state index in [-0.39, 0.29) is 0 Å². The monoisotopic (exact) mass is 324 g/mol. The van der Waals surface area contributed by atoms with E-state index in [2.05, 4.69) is 41.6 Å². The van der Waals surface area contributed by atoms with Gasteiger partial charge in [-0.05, 0) is 39.5 Å². The number of nitrogens with zero attached hydrogens (tertiary/aromatic N) is 2. The van der Waals surface area contributed by atoms with Crippen LogP contribution in [0.5, 0.6) is 0 Å². The lowest BCUT2D eigenvalue weighted by atomic mass is 10.1. The first-order valence-electron chi connectivity index (χ1n) is 8.56. The molecule has 132 valence electrons. The van der Waals surface area contributed by atoms with Crippen LogP contribution in [0.4, 0.5) is 0 Å². The van der Waals surface area contributed by atoms with Crippen molar-refractivity contribution in [1.29, 1.82) is 0 Å². The fraction of sp³-hybridized carbons (Fsp3) is 0.765. The number of guanidine groups is 1. The number of rotatable bonds is 10. The van der Waals surface area contributed by atoms with Crippen LogP contribution in [0.3, 0.4) is 0 Å². The van der Waals surface area contributed by atoms with Gasteiger partial charge in [0.15, 0.2) is 5.96 Å². The Labute approximate surface area is 140 Å². The highest BCUT2D eigenvalue weighted by molar-refractivity contribution is 5.79. The lowest BCUT2D eigenvalue weighted by Crippen LogP contribution is -2.38. The average molecular weight is 324 g/mol. The zero-order chi connectivity index (χ0) is 17.1. The molecule has 0 saturated carbocycles. The Hall–Kier alpha value is -1.56. The molecule has 6 nitrogen and oxygen atoms in total. The summed E-state index contributed by atoms with van der Waals surface area (Å²) in [6.07, 6.45) is 1.97. The van der Waals surface area contributed by atoms with E-state index in [1.54, 1.807) is 0 Å². The van der Waals surface area contributed by atoms with E-state index >= 15 is 0 Å². The van der Waals surface area contributed by atoms with E-state index in [0.29, 0.717) is 19.1 Å². The summed E-state index contributed by atoms with van der Waals surface area (Å²) in [5, 5.41) is 10.6. The molecular weight excluding hydrogens is 292 g/mol. The number of aromatic nitrogens is 1. The Morgan fingerprint density at radius 2 is 2.04 bits per heavy atom. The fourth-order valence-electron chi connectivity index (χ4n) is 2.15. The van der Waals surface area contributed by atoms with Gasteiger partial charge in [0.1, 0.15) is 5.76 Å². The molecule has 0 amide bonds. The van der Waals surface area contributed by atoms with Crippen molar-refractivity contribution in [3.63, 3.8) is 0 Å². The molecule has 0 radical (unpaired) electrons. The first-order chi connectivity index (χ1) is 11.0. The molecule has 0 unspecified atom stereocenters. The Kier molecular flexibility index (Phi) is 9.36. The van der Waals surface area contributed by atoms with Crippen LogP contribution in [0.2, 0.25) is 0 Å². The molecule has 1 aromatic heterocycles. The third-order valence-electron chi connectivity index (χ3n) is 3.54. The SMILES string of the molecule is CCNC(=NCCOCCC(C)C)NCCc1c(C)noc1C. The minimum absolute atomic E-state index is 0.660. The van der Waals surface area contributed by atoms with E-state index in [4.69, 9.17) is 9.26 Å². The standard InChI is InChI=1S/C17H32N4O2/c1-6-18-17(20-10-12-22-11-8-13(2)3)19-9-7-16-14(4)21-23-15(16)5/h13H,6-12H2,1-5H3,(H2,18,19,20). The molecule has 0 aliphatic carbocycles. The average Bonchev–Trinajstić information content (AvgIpc) is 2.82. The first kappa shape index (κ1) is 19.5. The van der Waals surface area contributed by atoms with E-state index in [0.717, 1.165) is 50.0 Å². The molecular formula is C17H32N4O2. The van der Waals surface area contributed by atoms with Crippen LogP contribution in [0.1, 0.15) is 44.2 Å². The Balaban J connectivity index is 2.29. The van der Waals surface area contributed by atoms with Crippen molar-refractivity contribution < 1.29 is 9.26 Å². The zero-order valence-electron chi connectivity index (χ0n) is 15.2. The van der Waals surface area contributed by atoms with Gasteiger partial charge in [0.25, 0.3) is 0 Å². The van der Waals surface area contributed by atoms with Gasteiger partial charge in [-0.15, -0.1) is 0 Å². The number of aliphatic imine (C=N–C) groups is 1. The maximum atomic E-state index is 5.58. The van der Waals surface area contributed by atoms with Crippen LogP contribution in [-0.2, 0) is 11.2 Å². The summed E-state index contributed by atoms with van der Waals surface area (Å²) >= 11 is 0. The zero-order valence-corrected chi connectivity index (χ0v) is 15.2. The van der Waals surface area contributed by atoms with Gasteiger partial charge in [-0.2, -0.15) is 0 Å². The molecule has 1 heterocycles. The highest BCUT2D eigenvalue weighted by Gasteiger charge is 2.08. The van der Waals surface area contributed by atoms with Gasteiger partial charge >= 0.3 is 0 Å². The van der Waals surface area contributed by atoms with Gasteiger partial charge in [0.2, 0.25) is 0 Å². The first-order valence-corrected chi connectivity index (χ1v) is 8.56. The van der Waals surface area contributed by atoms with Gasteiger partial charge < -0.3 is 19.9 Å². The van der Waals surface area contributed by atoms with Crippen LogP contribution < -0.4 is 10.6 Å². The summed E-state index contributed by atoms with van der Waals surface area (Å²) in [7, 11) is 0. The topological polar surface area (TPSA) is 71.7 Å². The van der Waals surface area contributed by atoms with Crippen molar-refractivity contribution in [2.75, 3.05) is 32.8 Å². The van der Waals surface area contributed by atoms with E-state index < -0.39 is 0 Å². The highest BCUT2D eigenvalue weighted by Crippen LogP contribution is 2.11. The number of hydrogen-bond donors (Lipinski definition) is 2. The largest absolute Gasteiger partial charge is 0.380 e. The lowest BCUT2D eigenvalue weighted by molar-refractivity contribution is 0.130. The summed E-state index contributed by atoms with van der Waals surface area (Å²) in [5.41, 5.74) is 2.13. The van der Waals surface area contributed by atoms with Gasteiger partial charge in [-0.1, -0.05) is 19.0 Å². The summed E-state index contributed by atoms with van der Waals surface area (Å²) in [4.78, 5) is 4.52. The normalized spacial score (nSPS) is 12.0. The third kappa shape index (κ3) is 8.02. The predicted octanol–water partition coefficient (Wildman–Crippen LogP) is 2.45. The molecule has 0 aliphatic heterocycles. The smallest absolute Gasteiger partial charge is 0.191 e. The maximum Gasteiger partial charge on any atom is 0.191 e. The number of hydrogen-bond acceptors (Lipinski definition) is 4. The molecule has 0 aromatic carbocycles. The molecule has 1 rings (SSSR count). The molecule has 0 aliphatic rings. The molecule has 0 saturated heterocycles. The highest BCUT2D eigenvalue weighted by atomic mass is 16.5. The van der Waals surface area contributed by atoms with Crippen molar-refractivity contribution in [3.05, 3.63) is 17.0 Å². The van der Waals surface area contributed by atoms with Crippen LogP contribution >= 0.6 is 0 Å². The Morgan fingerprint density at radius 3 is 2.65 bits per heavy atom. The van der Waals surface area contributed by atoms with Gasteiger partial charge in [-0.25, -0.2) is 0 Å². The Bertz CT molecular complexity index is 450. The molecule has 1 aromatic rings. The third-order valence-corrected chi connectivity index (χ3v) is 3.54. The quantitative estimate of drug-likeness (QED) is 0.393. The van der Waals surface area contributed by atoms with Crippen LogP contribution in [0, 0.1) is 19.8 Å². The van der Waals surface area contributed by atoms with Crippen molar-refractivity contribution in [2.45, 2.75) is 47.5 Å². The van der Waals surface area contributed by atoms with E-state index in [1.807, 2.05) is 13.8 Å². The second kappa shape index (κ2) is 11.0. The van der Waals surface area contributed by atoms with Crippen molar-refractivity contribution in [2.24, 2.45) is 10.9 Å². The molecule has 0 fully saturated rings. The maximum absolute atomic E-state index is 5.58. The Morgan fingerprint density at radius 1 is 1.26 bits per heavy atom. The van der Waals surface area contributed by atoms with Crippen molar-refractivity contribution >= 4 is 5.96 Å². The molecule has 0 bridgehead atoms. The summed E-state index contributed by atoms with van der Waals surface area (Å²) in [6.45, 7) is 14.2. The van der Waals surface area contributed by atoms with Gasteiger partial charge in [0.05, 0.1) is 18.8 Å². The van der Waals surface area contributed by atoms with Crippen molar-refractivity contribution in [3.8, 4) is 0 Å². The second-order valence-electron chi connectivity index (χ2n) is 6.04. The van der Waals surface area contributed by atoms with Gasteiger partial charge in [-0.3, -0.25) is 4.99 Å². The number of nitrogens with one attached hydrogen (secondary N) is 2. The second-order valence-corrected chi connectivity index (χ2v) is 6.04. The van der Waals surface area contributed by atoms with Crippen LogP contribution in [-0.4, -0.2) is 44.0 Å². The molecule has 6 heteroatoms. The minimum atomic E-state index is 0.660. The minimum Gasteiger partial charge on any atom is -0.380 e. The summed E-state index contributed by atoms with van der Waals surface area (Å²) in [6, 6.07) is 0. The lowest BCUT2D eigenvalue weighted by Gasteiger charge is -2.11. The summed E-state index contributed by atoms with van der Waals surface area (Å²) < 4.78 is 10.8. The fourth-order valence-corrected chi connectivity index (χ4v) is 2.15. The number of aryl methyl sites for hydroxylation is 2. The molecule has 2 N–H and O–H groups in total. The van der Waals surface area contributed by atoms with Gasteiger partial charge in [0, 0.05) is 25.3 Å². The molecule has 0 atom stereocenters. The number of ether oxygens (including phenoxy) is 1. The van der Waals surface area contributed by atoms with Crippen molar-refractivity contribution in [1.82, 2.24) is 15.8 Å². The predicted molar refractivity (Wildman–Crippen MR) is 93.9 cm³/mol. The molecule has 0 spiro atoms. The summed E-state index contributed by atoms with van der Waals surface area (Å²) in [5.74, 6) is 2.40. The van der Waals surface area contributed by atoms with Crippen LogP contribution in [0.15, 0.2) is 9.52 Å². The van der Waals surface area contributed by atoms with E-state index in [9.17, 15) is 0 Å².